The van der Waals surface area contributed by atoms with Crippen molar-refractivity contribution in [3.8, 4) is 0 Å². The van der Waals surface area contributed by atoms with E-state index >= 15 is 0 Å². The van der Waals surface area contributed by atoms with Crippen LogP contribution in [0, 0.1) is 0 Å². The molecule has 1 aromatic heterocycles. The van der Waals surface area contributed by atoms with Crippen molar-refractivity contribution in [1.82, 2.24) is 14.8 Å². The van der Waals surface area contributed by atoms with Gasteiger partial charge >= 0.3 is 0 Å². The first-order chi connectivity index (χ1) is 9.78. The fourth-order valence-corrected chi connectivity index (χ4v) is 2.57. The van der Waals surface area contributed by atoms with Gasteiger partial charge in [-0.3, -0.25) is 4.68 Å². The Morgan fingerprint density at radius 1 is 1.40 bits per heavy atom. The highest BCUT2D eigenvalue weighted by atomic mass is 16.3. The number of aliphatic hydroxyl groups is 1. The van der Waals surface area contributed by atoms with E-state index in [2.05, 4.69) is 29.1 Å². The highest BCUT2D eigenvalue weighted by Gasteiger charge is 2.24. The van der Waals surface area contributed by atoms with E-state index < -0.39 is 6.10 Å². The monoisotopic (exact) mass is 271 g/mol. The Balaban J connectivity index is 1.73. The second-order valence-electron chi connectivity index (χ2n) is 5.56. The molecule has 1 aliphatic carbocycles. The number of aryl methyl sites for hydroxylation is 1. The number of hydrogen-bond acceptors (Lipinski definition) is 3. The molecule has 1 aromatic carbocycles. The number of aromatic nitrogens is 3. The summed E-state index contributed by atoms with van der Waals surface area (Å²) >= 11 is 0. The lowest BCUT2D eigenvalue weighted by molar-refractivity contribution is 0.174. The number of rotatable bonds is 6. The van der Waals surface area contributed by atoms with Crippen LogP contribution in [0.3, 0.4) is 0 Å². The SMILES string of the molecule is CCCn1ncnc1CC(O)c1cccc(C2CC2)c1. The molecule has 0 radical (unpaired) electrons. The maximum Gasteiger partial charge on any atom is 0.138 e. The minimum Gasteiger partial charge on any atom is -0.388 e. The van der Waals surface area contributed by atoms with Crippen LogP contribution in [0.2, 0.25) is 0 Å². The van der Waals surface area contributed by atoms with Gasteiger partial charge in [0.2, 0.25) is 0 Å². The molecule has 20 heavy (non-hydrogen) atoms. The van der Waals surface area contributed by atoms with E-state index in [9.17, 15) is 5.11 Å². The van der Waals surface area contributed by atoms with Crippen molar-refractivity contribution in [2.75, 3.05) is 0 Å². The lowest BCUT2D eigenvalue weighted by atomic mass is 10.0. The lowest BCUT2D eigenvalue weighted by Gasteiger charge is -2.12. The fraction of sp³-hybridized carbons (Fsp3) is 0.500. The molecule has 1 fully saturated rings. The molecule has 1 saturated carbocycles. The molecule has 1 heterocycles. The van der Waals surface area contributed by atoms with Crippen molar-refractivity contribution < 1.29 is 5.11 Å². The van der Waals surface area contributed by atoms with Gasteiger partial charge in [-0.25, -0.2) is 4.98 Å². The molecule has 0 bridgehead atoms. The summed E-state index contributed by atoms with van der Waals surface area (Å²) in [4.78, 5) is 4.26. The molecule has 2 aromatic rings. The molecule has 0 spiro atoms. The summed E-state index contributed by atoms with van der Waals surface area (Å²) in [5, 5.41) is 14.6. The van der Waals surface area contributed by atoms with Gasteiger partial charge in [0.1, 0.15) is 12.2 Å². The Morgan fingerprint density at radius 2 is 2.25 bits per heavy atom. The van der Waals surface area contributed by atoms with E-state index in [1.54, 1.807) is 6.33 Å². The quantitative estimate of drug-likeness (QED) is 0.879. The normalized spacial score (nSPS) is 16.3. The lowest BCUT2D eigenvalue weighted by Crippen LogP contribution is -2.10. The van der Waals surface area contributed by atoms with E-state index in [0.717, 1.165) is 24.4 Å². The maximum atomic E-state index is 10.4. The minimum absolute atomic E-state index is 0.506. The first-order valence-corrected chi connectivity index (χ1v) is 7.42. The van der Waals surface area contributed by atoms with Crippen molar-refractivity contribution in [1.29, 1.82) is 0 Å². The number of hydrogen-bond donors (Lipinski definition) is 1. The molecule has 4 heteroatoms. The van der Waals surface area contributed by atoms with Crippen LogP contribution in [0.1, 0.15) is 55.2 Å². The number of nitrogens with zero attached hydrogens (tertiary/aromatic N) is 3. The average molecular weight is 271 g/mol. The van der Waals surface area contributed by atoms with Crippen LogP contribution in [0.4, 0.5) is 0 Å². The summed E-state index contributed by atoms with van der Waals surface area (Å²) in [6, 6.07) is 8.34. The highest BCUT2D eigenvalue weighted by molar-refractivity contribution is 5.30. The van der Waals surface area contributed by atoms with Crippen LogP contribution < -0.4 is 0 Å². The molecule has 106 valence electrons. The maximum absolute atomic E-state index is 10.4. The Bertz CT molecular complexity index is 575. The first kappa shape index (κ1) is 13.3. The summed E-state index contributed by atoms with van der Waals surface area (Å²) in [5.74, 6) is 1.57. The fourth-order valence-electron chi connectivity index (χ4n) is 2.57. The molecule has 1 N–H and O–H groups in total. The van der Waals surface area contributed by atoms with E-state index in [1.165, 1.54) is 18.4 Å². The second kappa shape index (κ2) is 5.75. The average Bonchev–Trinajstić information content (AvgIpc) is 3.23. The Kier molecular flexibility index (Phi) is 3.83. The zero-order valence-electron chi connectivity index (χ0n) is 11.9. The molecule has 0 amide bonds. The first-order valence-electron chi connectivity index (χ1n) is 7.42. The summed E-state index contributed by atoms with van der Waals surface area (Å²) < 4.78 is 1.88. The van der Waals surface area contributed by atoms with Gasteiger partial charge in [-0.1, -0.05) is 31.2 Å². The van der Waals surface area contributed by atoms with Crippen LogP contribution in [0.25, 0.3) is 0 Å². The van der Waals surface area contributed by atoms with Crippen molar-refractivity contribution in [2.24, 2.45) is 0 Å². The van der Waals surface area contributed by atoms with Gasteiger partial charge in [-0.2, -0.15) is 5.10 Å². The van der Waals surface area contributed by atoms with Crippen LogP contribution in [-0.2, 0) is 13.0 Å². The predicted molar refractivity (Wildman–Crippen MR) is 77.4 cm³/mol. The Hall–Kier alpha value is -1.68. The van der Waals surface area contributed by atoms with E-state index in [0.29, 0.717) is 12.3 Å². The van der Waals surface area contributed by atoms with Crippen LogP contribution >= 0.6 is 0 Å². The molecule has 3 rings (SSSR count). The smallest absolute Gasteiger partial charge is 0.138 e. The summed E-state index contributed by atoms with van der Waals surface area (Å²) in [5.41, 5.74) is 2.34. The van der Waals surface area contributed by atoms with Gasteiger partial charge in [-0.15, -0.1) is 0 Å². The van der Waals surface area contributed by atoms with E-state index in [-0.39, 0.29) is 0 Å². The third kappa shape index (κ3) is 2.90. The van der Waals surface area contributed by atoms with Gasteiger partial charge in [0.25, 0.3) is 0 Å². The van der Waals surface area contributed by atoms with Crippen molar-refractivity contribution in [2.45, 2.75) is 51.2 Å². The van der Waals surface area contributed by atoms with Gasteiger partial charge in [0, 0.05) is 13.0 Å². The molecule has 1 atom stereocenters. The Morgan fingerprint density at radius 3 is 3.00 bits per heavy atom. The molecular formula is C16H21N3O. The third-order valence-electron chi connectivity index (χ3n) is 3.85. The van der Waals surface area contributed by atoms with Crippen LogP contribution in [0.5, 0.6) is 0 Å². The highest BCUT2D eigenvalue weighted by Crippen LogP contribution is 2.40. The topological polar surface area (TPSA) is 50.9 Å². The minimum atomic E-state index is -0.506. The molecule has 4 nitrogen and oxygen atoms in total. The predicted octanol–water partition coefficient (Wildman–Crippen LogP) is 2.84. The van der Waals surface area contributed by atoms with Crippen molar-refractivity contribution >= 4 is 0 Å². The van der Waals surface area contributed by atoms with E-state index in [4.69, 9.17) is 0 Å². The second-order valence-corrected chi connectivity index (χ2v) is 5.56. The summed E-state index contributed by atoms with van der Waals surface area (Å²) in [6.07, 6.45) is 5.17. The molecular weight excluding hydrogens is 250 g/mol. The van der Waals surface area contributed by atoms with Gasteiger partial charge in [0.15, 0.2) is 0 Å². The number of aliphatic hydroxyl groups excluding tert-OH is 1. The molecule has 0 aliphatic heterocycles. The van der Waals surface area contributed by atoms with Gasteiger partial charge in [-0.05, 0) is 36.3 Å². The van der Waals surface area contributed by atoms with E-state index in [1.807, 2.05) is 16.8 Å². The van der Waals surface area contributed by atoms with Crippen molar-refractivity contribution in [3.05, 3.63) is 47.5 Å². The molecule has 0 saturated heterocycles. The summed E-state index contributed by atoms with van der Waals surface area (Å²) in [7, 11) is 0. The standard InChI is InChI=1S/C16H21N3O/c1-2-8-19-16(17-11-18-19)10-15(20)14-5-3-4-13(9-14)12-6-7-12/h3-5,9,11-12,15,20H,2,6-8,10H2,1H3. The van der Waals surface area contributed by atoms with Crippen LogP contribution in [0.15, 0.2) is 30.6 Å². The van der Waals surface area contributed by atoms with Gasteiger partial charge in [0.05, 0.1) is 6.10 Å². The largest absolute Gasteiger partial charge is 0.388 e. The summed E-state index contributed by atoms with van der Waals surface area (Å²) in [6.45, 7) is 2.96. The Labute approximate surface area is 119 Å². The third-order valence-corrected chi connectivity index (χ3v) is 3.85. The van der Waals surface area contributed by atoms with Crippen LogP contribution in [-0.4, -0.2) is 19.9 Å². The van der Waals surface area contributed by atoms with Crippen molar-refractivity contribution in [3.63, 3.8) is 0 Å². The van der Waals surface area contributed by atoms with Gasteiger partial charge < -0.3 is 5.11 Å². The molecule has 1 unspecified atom stereocenters. The zero-order valence-corrected chi connectivity index (χ0v) is 11.9. The number of benzene rings is 1. The zero-order chi connectivity index (χ0) is 13.9. The molecule has 1 aliphatic rings.